The van der Waals surface area contributed by atoms with E-state index in [1.165, 1.54) is 38.9 Å². The Labute approximate surface area is 77.1 Å². The second-order valence-corrected chi connectivity index (χ2v) is 4.23. The van der Waals surface area contributed by atoms with Crippen LogP contribution in [0.15, 0.2) is 0 Å². The molecule has 0 aliphatic carbocycles. The minimum atomic E-state index is 0.961. The Kier molecular flexibility index (Phi) is 4.07. The molecule has 1 saturated heterocycles. The van der Waals surface area contributed by atoms with Crippen LogP contribution in [-0.4, -0.2) is 24.5 Å². The van der Waals surface area contributed by atoms with E-state index in [1.807, 2.05) is 0 Å². The molecule has 0 amide bonds. The van der Waals surface area contributed by atoms with Crippen LogP contribution in [0.2, 0.25) is 0 Å². The van der Waals surface area contributed by atoms with E-state index >= 15 is 0 Å². The van der Waals surface area contributed by atoms with Crippen LogP contribution in [0, 0.1) is 11.8 Å². The van der Waals surface area contributed by atoms with E-state index in [-0.39, 0.29) is 0 Å². The fourth-order valence-corrected chi connectivity index (χ4v) is 2.28. The van der Waals surface area contributed by atoms with Crippen LogP contribution >= 0.6 is 0 Å². The number of hydrogen-bond donors (Lipinski definition) is 0. The smallest absolute Gasteiger partial charge is 0.00121 e. The normalized spacial score (nSPS) is 32.2. The first-order valence-electron chi connectivity index (χ1n) is 5.50. The van der Waals surface area contributed by atoms with Crippen LogP contribution in [0.4, 0.5) is 0 Å². The minimum absolute atomic E-state index is 0.961. The van der Waals surface area contributed by atoms with Gasteiger partial charge in [-0.15, -0.1) is 0 Å². The quantitative estimate of drug-likeness (QED) is 0.628. The lowest BCUT2D eigenvalue weighted by atomic mass is 9.85. The molecule has 0 N–H and O–H groups in total. The first kappa shape index (κ1) is 10.0. The van der Waals surface area contributed by atoms with Crippen molar-refractivity contribution in [1.82, 2.24) is 4.90 Å². The molecule has 0 aromatic heterocycles. The van der Waals surface area contributed by atoms with Gasteiger partial charge in [0.2, 0.25) is 0 Å². The Balaban J connectivity index is 2.33. The molecule has 1 nitrogen and oxygen atoms in total. The number of hydrogen-bond acceptors (Lipinski definition) is 1. The summed E-state index contributed by atoms with van der Waals surface area (Å²) in [5.74, 6) is 1.92. The maximum absolute atomic E-state index is 2.63. The van der Waals surface area contributed by atoms with E-state index in [0.717, 1.165) is 11.8 Å². The molecule has 0 radical (unpaired) electrons. The van der Waals surface area contributed by atoms with Gasteiger partial charge in [0.25, 0.3) is 0 Å². The number of piperidine rings is 1. The van der Waals surface area contributed by atoms with Crippen molar-refractivity contribution in [3.8, 4) is 0 Å². The monoisotopic (exact) mass is 169 g/mol. The standard InChI is InChI=1S/C11H23N/c1-4-7-12-8-6-10(3)11(5-2)9-12/h10-11H,4-9H2,1-3H3. The van der Waals surface area contributed by atoms with Gasteiger partial charge in [-0.05, 0) is 37.8 Å². The van der Waals surface area contributed by atoms with Gasteiger partial charge >= 0.3 is 0 Å². The van der Waals surface area contributed by atoms with Gasteiger partial charge in [-0.3, -0.25) is 0 Å². The van der Waals surface area contributed by atoms with E-state index in [4.69, 9.17) is 0 Å². The summed E-state index contributed by atoms with van der Waals surface area (Å²) in [6.45, 7) is 11.0. The molecule has 1 heterocycles. The lowest BCUT2D eigenvalue weighted by molar-refractivity contribution is 0.125. The summed E-state index contributed by atoms with van der Waals surface area (Å²) >= 11 is 0. The van der Waals surface area contributed by atoms with Crippen molar-refractivity contribution in [3.63, 3.8) is 0 Å². The summed E-state index contributed by atoms with van der Waals surface area (Å²) in [5, 5.41) is 0. The van der Waals surface area contributed by atoms with Crippen LogP contribution < -0.4 is 0 Å². The van der Waals surface area contributed by atoms with Crippen molar-refractivity contribution in [2.75, 3.05) is 19.6 Å². The molecular weight excluding hydrogens is 146 g/mol. The van der Waals surface area contributed by atoms with Crippen LogP contribution in [0.5, 0.6) is 0 Å². The molecule has 0 bridgehead atoms. The van der Waals surface area contributed by atoms with Gasteiger partial charge in [0.15, 0.2) is 0 Å². The van der Waals surface area contributed by atoms with E-state index in [2.05, 4.69) is 25.7 Å². The SMILES string of the molecule is CCCN1CCC(C)C(CC)C1. The molecule has 72 valence electrons. The van der Waals surface area contributed by atoms with Crippen molar-refractivity contribution < 1.29 is 0 Å². The lowest BCUT2D eigenvalue weighted by Crippen LogP contribution is -2.39. The zero-order valence-corrected chi connectivity index (χ0v) is 8.84. The van der Waals surface area contributed by atoms with Gasteiger partial charge in [-0.2, -0.15) is 0 Å². The van der Waals surface area contributed by atoms with Gasteiger partial charge in [-0.25, -0.2) is 0 Å². The molecule has 0 spiro atoms. The van der Waals surface area contributed by atoms with Crippen molar-refractivity contribution in [2.24, 2.45) is 11.8 Å². The first-order chi connectivity index (χ1) is 5.77. The Hall–Kier alpha value is -0.0400. The second kappa shape index (κ2) is 4.86. The van der Waals surface area contributed by atoms with Crippen LogP contribution in [0.1, 0.15) is 40.0 Å². The highest BCUT2D eigenvalue weighted by molar-refractivity contribution is 4.76. The molecule has 0 aromatic carbocycles. The summed E-state index contributed by atoms with van der Waals surface area (Å²) in [5.41, 5.74) is 0. The Morgan fingerprint density at radius 3 is 2.67 bits per heavy atom. The van der Waals surface area contributed by atoms with Crippen molar-refractivity contribution in [2.45, 2.75) is 40.0 Å². The maximum atomic E-state index is 2.63. The third-order valence-electron chi connectivity index (χ3n) is 3.26. The number of nitrogens with zero attached hydrogens (tertiary/aromatic N) is 1. The van der Waals surface area contributed by atoms with Gasteiger partial charge in [0.05, 0.1) is 0 Å². The van der Waals surface area contributed by atoms with Gasteiger partial charge < -0.3 is 4.90 Å². The highest BCUT2D eigenvalue weighted by atomic mass is 15.1. The topological polar surface area (TPSA) is 3.24 Å². The number of likely N-dealkylation sites (tertiary alicyclic amines) is 1. The minimum Gasteiger partial charge on any atom is -0.303 e. The van der Waals surface area contributed by atoms with E-state index in [0.29, 0.717) is 0 Å². The fourth-order valence-electron chi connectivity index (χ4n) is 2.28. The zero-order chi connectivity index (χ0) is 8.97. The largest absolute Gasteiger partial charge is 0.303 e. The van der Waals surface area contributed by atoms with Gasteiger partial charge in [0.1, 0.15) is 0 Å². The molecule has 1 fully saturated rings. The second-order valence-electron chi connectivity index (χ2n) is 4.23. The fraction of sp³-hybridized carbons (Fsp3) is 1.00. The Bertz CT molecular complexity index is 122. The molecule has 1 aliphatic heterocycles. The molecule has 1 heteroatoms. The predicted octanol–water partition coefficient (Wildman–Crippen LogP) is 2.76. The summed E-state index contributed by atoms with van der Waals surface area (Å²) in [6, 6.07) is 0. The van der Waals surface area contributed by atoms with Crippen molar-refractivity contribution >= 4 is 0 Å². The highest BCUT2D eigenvalue weighted by Crippen LogP contribution is 2.25. The van der Waals surface area contributed by atoms with Crippen LogP contribution in [-0.2, 0) is 0 Å². The molecule has 12 heavy (non-hydrogen) atoms. The molecule has 0 aromatic rings. The summed E-state index contributed by atoms with van der Waals surface area (Å²) in [4.78, 5) is 2.63. The molecule has 1 rings (SSSR count). The zero-order valence-electron chi connectivity index (χ0n) is 8.84. The van der Waals surface area contributed by atoms with Gasteiger partial charge in [-0.1, -0.05) is 27.2 Å². The lowest BCUT2D eigenvalue weighted by Gasteiger charge is -2.36. The third kappa shape index (κ3) is 2.48. The summed E-state index contributed by atoms with van der Waals surface area (Å²) < 4.78 is 0. The van der Waals surface area contributed by atoms with Gasteiger partial charge in [0, 0.05) is 6.54 Å². The van der Waals surface area contributed by atoms with Crippen LogP contribution in [0.25, 0.3) is 0 Å². The van der Waals surface area contributed by atoms with Crippen LogP contribution in [0.3, 0.4) is 0 Å². The van der Waals surface area contributed by atoms with E-state index in [1.54, 1.807) is 0 Å². The Morgan fingerprint density at radius 1 is 1.33 bits per heavy atom. The maximum Gasteiger partial charge on any atom is 0.00121 e. The molecule has 2 unspecified atom stereocenters. The molecule has 2 atom stereocenters. The van der Waals surface area contributed by atoms with Crippen molar-refractivity contribution in [3.05, 3.63) is 0 Å². The van der Waals surface area contributed by atoms with Crippen molar-refractivity contribution in [1.29, 1.82) is 0 Å². The molecular formula is C11H23N. The predicted molar refractivity (Wildman–Crippen MR) is 54.3 cm³/mol. The average Bonchev–Trinajstić information content (AvgIpc) is 2.09. The van der Waals surface area contributed by atoms with E-state index < -0.39 is 0 Å². The third-order valence-corrected chi connectivity index (χ3v) is 3.26. The summed E-state index contributed by atoms with van der Waals surface area (Å²) in [6.07, 6.45) is 4.09. The van der Waals surface area contributed by atoms with E-state index in [9.17, 15) is 0 Å². The summed E-state index contributed by atoms with van der Waals surface area (Å²) in [7, 11) is 0. The first-order valence-corrected chi connectivity index (χ1v) is 5.50. The molecule has 1 aliphatic rings. The highest BCUT2D eigenvalue weighted by Gasteiger charge is 2.23. The average molecular weight is 169 g/mol. The number of rotatable bonds is 3. The Morgan fingerprint density at radius 2 is 2.08 bits per heavy atom. The molecule has 0 saturated carbocycles.